The van der Waals surface area contributed by atoms with Crippen LogP contribution in [-0.4, -0.2) is 20.9 Å². The first kappa shape index (κ1) is 13.1. The molecule has 0 aliphatic heterocycles. The van der Waals surface area contributed by atoms with E-state index in [1.54, 1.807) is 0 Å². The van der Waals surface area contributed by atoms with Crippen molar-refractivity contribution in [3.63, 3.8) is 0 Å². The van der Waals surface area contributed by atoms with Crippen molar-refractivity contribution in [1.82, 2.24) is 5.32 Å². The minimum Gasteiger partial charge on any atom is -0.351 e. The first-order valence-corrected chi connectivity index (χ1v) is 8.73. The molecule has 0 aromatic carbocycles. The van der Waals surface area contributed by atoms with Gasteiger partial charge in [-0.1, -0.05) is 0 Å². The highest BCUT2D eigenvalue weighted by atomic mass is 32.2. The number of sulfonamides is 1. The molecule has 104 valence electrons. The molecular formula is C12H16N2O3S2. The fourth-order valence-electron chi connectivity index (χ4n) is 2.53. The molecule has 0 radical (unpaired) electrons. The molecule has 2 aliphatic carbocycles. The monoisotopic (exact) mass is 300 g/mol. The maximum absolute atomic E-state index is 12.0. The van der Waals surface area contributed by atoms with Crippen LogP contribution >= 0.6 is 11.3 Å². The van der Waals surface area contributed by atoms with Crippen LogP contribution in [0.25, 0.3) is 0 Å². The Morgan fingerprint density at radius 2 is 2.16 bits per heavy atom. The molecule has 0 saturated heterocycles. The largest absolute Gasteiger partial charge is 0.351 e. The Kier molecular flexibility index (Phi) is 2.95. The third-order valence-electron chi connectivity index (χ3n) is 4.05. The van der Waals surface area contributed by atoms with Crippen LogP contribution in [0.2, 0.25) is 0 Å². The first-order chi connectivity index (χ1) is 8.91. The summed E-state index contributed by atoms with van der Waals surface area (Å²) in [6, 6.07) is 1.34. The molecule has 0 unspecified atom stereocenters. The van der Waals surface area contributed by atoms with E-state index in [2.05, 4.69) is 5.32 Å². The van der Waals surface area contributed by atoms with Crippen LogP contribution in [-0.2, 0) is 10.0 Å². The number of amides is 1. The Balaban J connectivity index is 1.63. The van der Waals surface area contributed by atoms with Crippen LogP contribution in [0.5, 0.6) is 0 Å². The lowest BCUT2D eigenvalue weighted by Crippen LogP contribution is -2.30. The van der Waals surface area contributed by atoms with Crippen molar-refractivity contribution in [1.29, 1.82) is 0 Å². The van der Waals surface area contributed by atoms with Crippen LogP contribution in [0.15, 0.2) is 15.7 Å². The van der Waals surface area contributed by atoms with E-state index in [-0.39, 0.29) is 10.1 Å². The van der Waals surface area contributed by atoms with Crippen molar-refractivity contribution in [2.45, 2.75) is 29.9 Å². The molecule has 2 saturated carbocycles. The van der Waals surface area contributed by atoms with Gasteiger partial charge < -0.3 is 5.32 Å². The minimum absolute atomic E-state index is 0.0287. The van der Waals surface area contributed by atoms with Crippen LogP contribution in [0.3, 0.4) is 0 Å². The lowest BCUT2D eigenvalue weighted by Gasteiger charge is -2.14. The van der Waals surface area contributed by atoms with E-state index in [9.17, 15) is 13.2 Å². The van der Waals surface area contributed by atoms with Gasteiger partial charge in [0.15, 0.2) is 0 Å². The van der Waals surface area contributed by atoms with E-state index >= 15 is 0 Å². The molecule has 2 fully saturated rings. The Morgan fingerprint density at radius 3 is 2.63 bits per heavy atom. The first-order valence-electron chi connectivity index (χ1n) is 6.30. The zero-order valence-corrected chi connectivity index (χ0v) is 12.0. The van der Waals surface area contributed by atoms with Crippen molar-refractivity contribution in [3.05, 3.63) is 17.0 Å². The van der Waals surface area contributed by atoms with E-state index in [1.165, 1.54) is 37.1 Å². The van der Waals surface area contributed by atoms with Crippen molar-refractivity contribution in [2.24, 2.45) is 16.5 Å². The third kappa shape index (κ3) is 2.68. The second kappa shape index (κ2) is 4.29. The molecule has 2 aliphatic rings. The fraction of sp³-hybridized carbons (Fsp3) is 0.583. The second-order valence-corrected chi connectivity index (χ2v) is 8.22. The van der Waals surface area contributed by atoms with Gasteiger partial charge in [-0.05, 0) is 43.1 Å². The van der Waals surface area contributed by atoms with E-state index in [0.29, 0.717) is 17.5 Å². The quantitative estimate of drug-likeness (QED) is 0.859. The number of thiophene rings is 1. The highest BCUT2D eigenvalue weighted by Gasteiger charge is 2.53. The van der Waals surface area contributed by atoms with Crippen LogP contribution in [0.1, 0.15) is 36.0 Å². The summed E-state index contributed by atoms with van der Waals surface area (Å²) in [5.41, 5.74) is 0.717. The summed E-state index contributed by atoms with van der Waals surface area (Å²) in [5, 5.41) is 9.48. The number of rotatable bonds is 5. The van der Waals surface area contributed by atoms with Gasteiger partial charge in [0.05, 0.1) is 5.56 Å². The second-order valence-electron chi connectivity index (χ2n) is 5.52. The Bertz CT molecular complexity index is 613. The zero-order valence-electron chi connectivity index (χ0n) is 10.4. The molecule has 5 nitrogen and oxygen atoms in total. The number of primary sulfonamides is 1. The van der Waals surface area contributed by atoms with E-state index in [4.69, 9.17) is 5.14 Å². The lowest BCUT2D eigenvalue weighted by atomic mass is 10.0. The number of hydrogen-bond acceptors (Lipinski definition) is 4. The normalized spacial score (nSPS) is 21.1. The number of carbonyl (C=O) groups excluding carboxylic acids is 1. The van der Waals surface area contributed by atoms with E-state index in [1.807, 2.05) is 0 Å². The molecule has 7 heteroatoms. The van der Waals surface area contributed by atoms with E-state index < -0.39 is 10.0 Å². The molecule has 3 rings (SSSR count). The van der Waals surface area contributed by atoms with Crippen molar-refractivity contribution >= 4 is 27.3 Å². The SMILES string of the molecule is NS(=O)(=O)c1cc(C(=O)NCC2(C3CC3)CC2)cs1. The van der Waals surface area contributed by atoms with Crippen LogP contribution < -0.4 is 10.5 Å². The van der Waals surface area contributed by atoms with Gasteiger partial charge >= 0.3 is 0 Å². The standard InChI is InChI=1S/C12H16N2O3S2/c13-19(16,17)10-5-8(6-18-10)11(15)14-7-12(3-4-12)9-1-2-9/h5-6,9H,1-4,7H2,(H,14,15)(H2,13,16,17). The van der Waals surface area contributed by atoms with Crippen LogP contribution in [0, 0.1) is 11.3 Å². The molecule has 19 heavy (non-hydrogen) atoms. The molecular weight excluding hydrogens is 284 g/mol. The smallest absolute Gasteiger partial charge is 0.252 e. The van der Waals surface area contributed by atoms with Gasteiger partial charge in [-0.25, -0.2) is 13.6 Å². The zero-order chi connectivity index (χ0) is 13.7. The predicted octanol–water partition coefficient (Wildman–Crippen LogP) is 1.32. The average Bonchev–Trinajstić information content (AvgIpc) is 3.22. The van der Waals surface area contributed by atoms with Gasteiger partial charge in [0.25, 0.3) is 5.91 Å². The molecule has 1 aromatic rings. The summed E-state index contributed by atoms with van der Waals surface area (Å²) >= 11 is 0.979. The van der Waals surface area contributed by atoms with Gasteiger partial charge in [-0.15, -0.1) is 11.3 Å². The molecule has 0 spiro atoms. The highest BCUT2D eigenvalue weighted by Crippen LogP contribution is 2.60. The number of carbonyl (C=O) groups is 1. The maximum Gasteiger partial charge on any atom is 0.252 e. The summed E-state index contributed by atoms with van der Waals surface area (Å²) < 4.78 is 22.3. The summed E-state index contributed by atoms with van der Waals surface area (Å²) in [4.78, 5) is 12.0. The van der Waals surface area contributed by atoms with E-state index in [0.717, 1.165) is 17.3 Å². The third-order valence-corrected chi connectivity index (χ3v) is 6.44. The molecule has 1 amide bonds. The summed E-state index contributed by atoms with van der Waals surface area (Å²) in [5.74, 6) is 0.577. The number of nitrogens with one attached hydrogen (secondary N) is 1. The summed E-state index contributed by atoms with van der Waals surface area (Å²) in [6.07, 6.45) is 4.96. The molecule has 1 heterocycles. The number of hydrogen-bond donors (Lipinski definition) is 2. The average molecular weight is 300 g/mol. The number of nitrogens with two attached hydrogens (primary N) is 1. The minimum atomic E-state index is -3.71. The van der Waals surface area contributed by atoms with Crippen molar-refractivity contribution < 1.29 is 13.2 Å². The van der Waals surface area contributed by atoms with Crippen molar-refractivity contribution in [2.75, 3.05) is 6.54 Å². The van der Waals surface area contributed by atoms with Gasteiger partial charge in [-0.2, -0.15) is 0 Å². The maximum atomic E-state index is 12.0. The Labute approximate surface area is 116 Å². The Morgan fingerprint density at radius 1 is 1.47 bits per heavy atom. The summed E-state index contributed by atoms with van der Waals surface area (Å²) in [6.45, 7) is 0.705. The van der Waals surface area contributed by atoms with Crippen LogP contribution in [0.4, 0.5) is 0 Å². The fourth-order valence-corrected chi connectivity index (χ4v) is 4.11. The molecule has 0 bridgehead atoms. The molecule has 0 atom stereocenters. The molecule has 3 N–H and O–H groups in total. The van der Waals surface area contributed by atoms with Gasteiger partial charge in [-0.3, -0.25) is 4.79 Å². The van der Waals surface area contributed by atoms with Gasteiger partial charge in [0.2, 0.25) is 10.0 Å². The summed E-state index contributed by atoms with van der Waals surface area (Å²) in [7, 11) is -3.71. The highest BCUT2D eigenvalue weighted by molar-refractivity contribution is 7.91. The topological polar surface area (TPSA) is 89.3 Å². The Hall–Kier alpha value is -0.920. The predicted molar refractivity (Wildman–Crippen MR) is 72.4 cm³/mol. The van der Waals surface area contributed by atoms with Gasteiger partial charge in [0, 0.05) is 11.9 Å². The van der Waals surface area contributed by atoms with Crippen molar-refractivity contribution in [3.8, 4) is 0 Å². The molecule has 1 aromatic heterocycles. The lowest BCUT2D eigenvalue weighted by molar-refractivity contribution is 0.0943. The van der Waals surface area contributed by atoms with Gasteiger partial charge in [0.1, 0.15) is 4.21 Å².